The van der Waals surface area contributed by atoms with Crippen LogP contribution in [-0.2, 0) is 4.79 Å². The Morgan fingerprint density at radius 3 is 2.81 bits per heavy atom. The molecule has 0 saturated carbocycles. The van der Waals surface area contributed by atoms with Crippen molar-refractivity contribution in [1.82, 2.24) is 0 Å². The predicted molar refractivity (Wildman–Crippen MR) is 68.6 cm³/mol. The molecule has 0 bridgehead atoms. The van der Waals surface area contributed by atoms with Gasteiger partial charge in [-0.2, -0.15) is 0 Å². The van der Waals surface area contributed by atoms with Crippen molar-refractivity contribution < 1.29 is 4.79 Å². The summed E-state index contributed by atoms with van der Waals surface area (Å²) in [7, 11) is 0. The Hall–Kier alpha value is -1.22. The molecule has 1 atom stereocenters. The summed E-state index contributed by atoms with van der Waals surface area (Å²) in [5.74, 6) is -0.00375. The fourth-order valence-corrected chi connectivity index (χ4v) is 1.65. The van der Waals surface area contributed by atoms with Crippen molar-refractivity contribution in [2.24, 2.45) is 5.92 Å². The van der Waals surface area contributed by atoms with E-state index in [4.69, 9.17) is 17.3 Å². The van der Waals surface area contributed by atoms with Crippen LogP contribution < -0.4 is 11.1 Å². The van der Waals surface area contributed by atoms with E-state index in [0.29, 0.717) is 16.4 Å². The van der Waals surface area contributed by atoms with Crippen molar-refractivity contribution >= 4 is 28.9 Å². The zero-order valence-electron chi connectivity index (χ0n) is 9.59. The standard InChI is InChI=1S/C12H17ClN2O/c1-3-4-8(2)12(16)15-11-6-5-9(13)7-10(11)14/h5-8H,3-4,14H2,1-2H3,(H,15,16). The average molecular weight is 241 g/mol. The van der Waals surface area contributed by atoms with Gasteiger partial charge in [0.25, 0.3) is 0 Å². The van der Waals surface area contributed by atoms with Gasteiger partial charge in [0.1, 0.15) is 0 Å². The van der Waals surface area contributed by atoms with E-state index in [9.17, 15) is 4.79 Å². The molecule has 1 unspecified atom stereocenters. The quantitative estimate of drug-likeness (QED) is 0.794. The van der Waals surface area contributed by atoms with Gasteiger partial charge in [-0.15, -0.1) is 0 Å². The summed E-state index contributed by atoms with van der Waals surface area (Å²) in [4.78, 5) is 11.7. The lowest BCUT2D eigenvalue weighted by atomic mass is 10.1. The second kappa shape index (κ2) is 5.75. The van der Waals surface area contributed by atoms with Crippen molar-refractivity contribution in [3.8, 4) is 0 Å². The van der Waals surface area contributed by atoms with Crippen LogP contribution in [0.2, 0.25) is 5.02 Å². The van der Waals surface area contributed by atoms with Gasteiger partial charge in [-0.3, -0.25) is 4.79 Å². The number of hydrogen-bond donors (Lipinski definition) is 2. The molecule has 4 heteroatoms. The molecule has 0 aromatic heterocycles. The summed E-state index contributed by atoms with van der Waals surface area (Å²) in [6, 6.07) is 5.05. The number of carbonyl (C=O) groups is 1. The highest BCUT2D eigenvalue weighted by molar-refractivity contribution is 6.31. The van der Waals surface area contributed by atoms with E-state index in [1.54, 1.807) is 18.2 Å². The lowest BCUT2D eigenvalue weighted by Crippen LogP contribution is -2.20. The molecule has 0 spiro atoms. The highest BCUT2D eigenvalue weighted by atomic mass is 35.5. The number of benzene rings is 1. The van der Waals surface area contributed by atoms with Crippen LogP contribution in [0.4, 0.5) is 11.4 Å². The molecule has 0 aliphatic carbocycles. The third-order valence-corrected chi connectivity index (χ3v) is 2.68. The van der Waals surface area contributed by atoms with E-state index in [1.165, 1.54) is 0 Å². The maximum Gasteiger partial charge on any atom is 0.227 e. The monoisotopic (exact) mass is 240 g/mol. The summed E-state index contributed by atoms with van der Waals surface area (Å²) in [5, 5.41) is 3.37. The number of rotatable bonds is 4. The fourth-order valence-electron chi connectivity index (χ4n) is 1.47. The number of amides is 1. The molecule has 3 nitrogen and oxygen atoms in total. The van der Waals surface area contributed by atoms with Crippen LogP contribution in [0.3, 0.4) is 0 Å². The van der Waals surface area contributed by atoms with Crippen molar-refractivity contribution in [1.29, 1.82) is 0 Å². The highest BCUT2D eigenvalue weighted by Gasteiger charge is 2.12. The maximum atomic E-state index is 11.7. The minimum absolute atomic E-state index is 0.0000723. The first-order valence-corrected chi connectivity index (χ1v) is 5.78. The molecule has 88 valence electrons. The molecule has 3 N–H and O–H groups in total. The molecule has 0 radical (unpaired) electrons. The summed E-state index contributed by atoms with van der Waals surface area (Å²) >= 11 is 5.77. The van der Waals surface area contributed by atoms with Crippen LogP contribution in [0.5, 0.6) is 0 Å². The minimum atomic E-state index is -0.00382. The van der Waals surface area contributed by atoms with Crippen LogP contribution in [-0.4, -0.2) is 5.91 Å². The Labute approximate surface area is 101 Å². The summed E-state index contributed by atoms with van der Waals surface area (Å²) in [6.07, 6.45) is 1.87. The lowest BCUT2D eigenvalue weighted by molar-refractivity contribution is -0.119. The van der Waals surface area contributed by atoms with Crippen molar-refractivity contribution in [3.05, 3.63) is 23.2 Å². The Balaban J connectivity index is 2.69. The molecule has 0 aliphatic heterocycles. The fraction of sp³-hybridized carbons (Fsp3) is 0.417. The molecule has 1 aromatic rings. The second-order valence-corrected chi connectivity index (χ2v) is 4.35. The van der Waals surface area contributed by atoms with Gasteiger partial charge in [0.15, 0.2) is 0 Å². The Kier molecular flexibility index (Phi) is 4.62. The normalized spacial score (nSPS) is 12.2. The first kappa shape index (κ1) is 12.8. The average Bonchev–Trinajstić information content (AvgIpc) is 2.22. The number of nitrogens with one attached hydrogen (secondary N) is 1. The number of halogens is 1. The first-order chi connectivity index (χ1) is 7.54. The van der Waals surface area contributed by atoms with Gasteiger partial charge < -0.3 is 11.1 Å². The molecular weight excluding hydrogens is 224 g/mol. The van der Waals surface area contributed by atoms with Crippen LogP contribution in [0.25, 0.3) is 0 Å². The maximum absolute atomic E-state index is 11.7. The zero-order valence-corrected chi connectivity index (χ0v) is 10.3. The Morgan fingerprint density at radius 2 is 2.25 bits per heavy atom. The van der Waals surface area contributed by atoms with Gasteiger partial charge in [-0.05, 0) is 24.6 Å². The smallest absolute Gasteiger partial charge is 0.227 e. The molecule has 1 aromatic carbocycles. The van der Waals surface area contributed by atoms with E-state index in [1.807, 2.05) is 6.92 Å². The van der Waals surface area contributed by atoms with Crippen molar-refractivity contribution in [2.45, 2.75) is 26.7 Å². The van der Waals surface area contributed by atoms with Gasteiger partial charge in [-0.1, -0.05) is 31.9 Å². The van der Waals surface area contributed by atoms with E-state index >= 15 is 0 Å². The van der Waals surface area contributed by atoms with Gasteiger partial charge in [0.05, 0.1) is 11.4 Å². The molecule has 0 aliphatic rings. The van der Waals surface area contributed by atoms with Gasteiger partial charge >= 0.3 is 0 Å². The summed E-state index contributed by atoms with van der Waals surface area (Å²) in [6.45, 7) is 3.96. The number of carbonyl (C=O) groups excluding carboxylic acids is 1. The third kappa shape index (κ3) is 3.42. The van der Waals surface area contributed by atoms with Gasteiger partial charge in [0.2, 0.25) is 5.91 Å². The first-order valence-electron chi connectivity index (χ1n) is 5.40. The Bertz CT molecular complexity index is 379. The highest BCUT2D eigenvalue weighted by Crippen LogP contribution is 2.23. The zero-order chi connectivity index (χ0) is 12.1. The SMILES string of the molecule is CCCC(C)C(=O)Nc1ccc(Cl)cc1N. The molecular formula is C12H17ClN2O. The van der Waals surface area contributed by atoms with E-state index in [-0.39, 0.29) is 11.8 Å². The van der Waals surface area contributed by atoms with Crippen molar-refractivity contribution in [3.63, 3.8) is 0 Å². The molecule has 1 amide bonds. The number of nitrogen functional groups attached to an aromatic ring is 1. The second-order valence-electron chi connectivity index (χ2n) is 3.91. The molecule has 0 heterocycles. The lowest BCUT2D eigenvalue weighted by Gasteiger charge is -2.12. The minimum Gasteiger partial charge on any atom is -0.397 e. The van der Waals surface area contributed by atoms with Gasteiger partial charge in [0, 0.05) is 10.9 Å². The largest absolute Gasteiger partial charge is 0.397 e. The van der Waals surface area contributed by atoms with E-state index in [2.05, 4.69) is 12.2 Å². The predicted octanol–water partition coefficient (Wildman–Crippen LogP) is 3.30. The third-order valence-electron chi connectivity index (χ3n) is 2.44. The molecule has 1 rings (SSSR count). The molecule has 16 heavy (non-hydrogen) atoms. The van der Waals surface area contributed by atoms with E-state index < -0.39 is 0 Å². The van der Waals surface area contributed by atoms with E-state index in [0.717, 1.165) is 12.8 Å². The molecule has 0 saturated heterocycles. The topological polar surface area (TPSA) is 55.1 Å². The van der Waals surface area contributed by atoms with Crippen LogP contribution in [0, 0.1) is 5.92 Å². The van der Waals surface area contributed by atoms with Crippen molar-refractivity contribution in [2.75, 3.05) is 11.1 Å². The van der Waals surface area contributed by atoms with Gasteiger partial charge in [-0.25, -0.2) is 0 Å². The van der Waals surface area contributed by atoms with Crippen LogP contribution in [0.1, 0.15) is 26.7 Å². The number of anilines is 2. The number of nitrogens with two attached hydrogens (primary N) is 1. The van der Waals surface area contributed by atoms with Crippen LogP contribution >= 0.6 is 11.6 Å². The summed E-state index contributed by atoms with van der Waals surface area (Å²) < 4.78 is 0. The molecule has 0 fully saturated rings. The Morgan fingerprint density at radius 1 is 1.56 bits per heavy atom. The number of hydrogen-bond acceptors (Lipinski definition) is 2. The van der Waals surface area contributed by atoms with Crippen LogP contribution in [0.15, 0.2) is 18.2 Å². The summed E-state index contributed by atoms with van der Waals surface area (Å²) in [5.41, 5.74) is 6.86.